The third-order valence-electron chi connectivity index (χ3n) is 3.26. The second-order valence-electron chi connectivity index (χ2n) is 5.44. The van der Waals surface area contributed by atoms with Crippen LogP contribution >= 0.6 is 23.4 Å². The smallest absolute Gasteiger partial charge is 0.187 e. The maximum atomic E-state index is 14.1. The average molecular weight is 374 g/mol. The highest BCUT2D eigenvalue weighted by atomic mass is 35.5. The summed E-state index contributed by atoms with van der Waals surface area (Å²) in [6, 6.07) is 6.39. The van der Waals surface area contributed by atoms with Gasteiger partial charge in [0.25, 0.3) is 0 Å². The van der Waals surface area contributed by atoms with Crippen molar-refractivity contribution in [3.63, 3.8) is 0 Å². The zero-order chi connectivity index (χ0) is 18.0. The highest BCUT2D eigenvalue weighted by molar-refractivity contribution is 7.99. The Morgan fingerprint density at radius 1 is 1.28 bits per heavy atom. The molecule has 0 unspecified atom stereocenters. The first-order valence-electron chi connectivity index (χ1n) is 7.43. The SMILES string of the molecule is CC(C)Sc1ncc(-c2nc(-c3c(F)cccc3Cl)[nH]c2C#N)cn1. The first-order valence-corrected chi connectivity index (χ1v) is 8.69. The van der Waals surface area contributed by atoms with E-state index in [2.05, 4.69) is 19.9 Å². The lowest BCUT2D eigenvalue weighted by molar-refractivity contribution is 0.630. The van der Waals surface area contributed by atoms with Gasteiger partial charge in [0.15, 0.2) is 5.16 Å². The van der Waals surface area contributed by atoms with Crippen molar-refractivity contribution < 1.29 is 4.39 Å². The number of thioether (sulfide) groups is 1. The van der Waals surface area contributed by atoms with Crippen LogP contribution in [0.25, 0.3) is 22.6 Å². The van der Waals surface area contributed by atoms with Gasteiger partial charge in [0.05, 0.1) is 10.6 Å². The summed E-state index contributed by atoms with van der Waals surface area (Å²) >= 11 is 7.61. The molecule has 3 aromatic rings. The molecule has 126 valence electrons. The lowest BCUT2D eigenvalue weighted by Gasteiger charge is -2.03. The molecule has 0 aliphatic rings. The number of nitrogens with one attached hydrogen (secondary N) is 1. The highest BCUT2D eigenvalue weighted by Crippen LogP contribution is 2.31. The van der Waals surface area contributed by atoms with Crippen LogP contribution in [0.5, 0.6) is 0 Å². The summed E-state index contributed by atoms with van der Waals surface area (Å²) in [7, 11) is 0. The van der Waals surface area contributed by atoms with Crippen LogP contribution in [0.1, 0.15) is 19.5 Å². The Hall–Kier alpha value is -2.43. The zero-order valence-corrected chi connectivity index (χ0v) is 15.0. The van der Waals surface area contributed by atoms with Crippen LogP contribution in [0.4, 0.5) is 4.39 Å². The summed E-state index contributed by atoms with van der Waals surface area (Å²) in [6.07, 6.45) is 3.20. The van der Waals surface area contributed by atoms with E-state index in [0.29, 0.717) is 21.7 Å². The van der Waals surface area contributed by atoms with Gasteiger partial charge in [-0.2, -0.15) is 5.26 Å². The van der Waals surface area contributed by atoms with E-state index < -0.39 is 5.82 Å². The lowest BCUT2D eigenvalue weighted by atomic mass is 10.2. The number of aromatic nitrogens is 4. The minimum Gasteiger partial charge on any atom is -0.329 e. The maximum absolute atomic E-state index is 14.1. The summed E-state index contributed by atoms with van der Waals surface area (Å²) < 4.78 is 14.1. The summed E-state index contributed by atoms with van der Waals surface area (Å²) in [6.45, 7) is 4.10. The molecule has 5 nitrogen and oxygen atoms in total. The molecular formula is C17H13ClFN5S. The van der Waals surface area contributed by atoms with E-state index in [0.717, 1.165) is 0 Å². The number of imidazole rings is 1. The predicted octanol–water partition coefficient (Wildman–Crippen LogP) is 4.70. The van der Waals surface area contributed by atoms with Gasteiger partial charge >= 0.3 is 0 Å². The normalized spacial score (nSPS) is 10.9. The topological polar surface area (TPSA) is 78.2 Å². The molecule has 0 bridgehead atoms. The molecule has 0 fully saturated rings. The lowest BCUT2D eigenvalue weighted by Crippen LogP contribution is -1.93. The summed E-state index contributed by atoms with van der Waals surface area (Å²) in [5.74, 6) is -0.326. The summed E-state index contributed by atoms with van der Waals surface area (Å²) in [5, 5.41) is 10.6. The summed E-state index contributed by atoms with van der Waals surface area (Å²) in [4.78, 5) is 15.7. The number of hydrogen-bond acceptors (Lipinski definition) is 5. The molecule has 3 rings (SSSR count). The number of benzene rings is 1. The van der Waals surface area contributed by atoms with Crippen molar-refractivity contribution in [3.8, 4) is 28.7 Å². The third kappa shape index (κ3) is 3.65. The van der Waals surface area contributed by atoms with Crippen LogP contribution in [0, 0.1) is 17.1 Å². The van der Waals surface area contributed by atoms with E-state index >= 15 is 0 Å². The second kappa shape index (κ2) is 7.21. The van der Waals surface area contributed by atoms with Gasteiger partial charge in [0, 0.05) is 23.2 Å². The molecule has 0 saturated heterocycles. The number of rotatable bonds is 4. The van der Waals surface area contributed by atoms with E-state index in [1.165, 1.54) is 23.9 Å². The van der Waals surface area contributed by atoms with Crippen molar-refractivity contribution in [2.24, 2.45) is 0 Å². The number of aromatic amines is 1. The number of halogens is 2. The molecule has 0 radical (unpaired) electrons. The molecule has 0 spiro atoms. The highest BCUT2D eigenvalue weighted by Gasteiger charge is 2.18. The van der Waals surface area contributed by atoms with Crippen molar-refractivity contribution in [1.82, 2.24) is 19.9 Å². The van der Waals surface area contributed by atoms with Crippen LogP contribution in [0.2, 0.25) is 5.02 Å². The number of nitrogens with zero attached hydrogens (tertiary/aromatic N) is 4. The van der Waals surface area contributed by atoms with Crippen LogP contribution in [-0.2, 0) is 0 Å². The van der Waals surface area contributed by atoms with Gasteiger partial charge in [-0.25, -0.2) is 19.3 Å². The Bertz CT molecular complexity index is 926. The molecule has 0 aliphatic heterocycles. The second-order valence-corrected chi connectivity index (χ2v) is 7.39. The Morgan fingerprint density at radius 2 is 2.00 bits per heavy atom. The molecule has 0 amide bonds. The van der Waals surface area contributed by atoms with Gasteiger partial charge in [0.1, 0.15) is 29.1 Å². The molecule has 1 N–H and O–H groups in total. The van der Waals surface area contributed by atoms with Crippen LogP contribution in [0.3, 0.4) is 0 Å². The van der Waals surface area contributed by atoms with Gasteiger partial charge in [-0.1, -0.05) is 43.3 Å². The van der Waals surface area contributed by atoms with Crippen LogP contribution < -0.4 is 0 Å². The van der Waals surface area contributed by atoms with Gasteiger partial charge in [-0.15, -0.1) is 0 Å². The van der Waals surface area contributed by atoms with Crippen molar-refractivity contribution in [1.29, 1.82) is 5.26 Å². The van der Waals surface area contributed by atoms with Gasteiger partial charge in [-0.05, 0) is 12.1 Å². The van der Waals surface area contributed by atoms with Crippen LogP contribution in [-0.4, -0.2) is 25.2 Å². The molecular weight excluding hydrogens is 361 g/mol. The average Bonchev–Trinajstić information content (AvgIpc) is 2.99. The molecule has 25 heavy (non-hydrogen) atoms. The fourth-order valence-electron chi connectivity index (χ4n) is 2.22. The molecule has 0 aliphatic carbocycles. The standard InChI is InChI=1S/C17H13ClFN5S/c1-9(2)25-17-21-7-10(8-22-17)15-13(6-20)23-16(24-15)14-11(18)4-3-5-12(14)19/h3-5,7-9H,1-2H3,(H,23,24). The monoisotopic (exact) mass is 373 g/mol. The molecule has 1 aromatic carbocycles. The Kier molecular flexibility index (Phi) is 5.02. The number of nitriles is 1. The quantitative estimate of drug-likeness (QED) is 0.529. The largest absolute Gasteiger partial charge is 0.329 e. The van der Waals surface area contributed by atoms with E-state index in [1.807, 2.05) is 19.9 Å². The Morgan fingerprint density at radius 3 is 2.60 bits per heavy atom. The zero-order valence-electron chi connectivity index (χ0n) is 13.4. The van der Waals surface area contributed by atoms with Crippen molar-refractivity contribution in [3.05, 3.63) is 47.1 Å². The summed E-state index contributed by atoms with van der Waals surface area (Å²) in [5.41, 5.74) is 1.25. The fraction of sp³-hybridized carbons (Fsp3) is 0.176. The van der Waals surface area contributed by atoms with Crippen molar-refractivity contribution >= 4 is 23.4 Å². The molecule has 0 atom stereocenters. The molecule has 2 heterocycles. The van der Waals surface area contributed by atoms with Crippen molar-refractivity contribution in [2.75, 3.05) is 0 Å². The predicted molar refractivity (Wildman–Crippen MR) is 95.7 cm³/mol. The fourth-order valence-corrected chi connectivity index (χ4v) is 3.12. The van der Waals surface area contributed by atoms with Gasteiger partial charge in [-0.3, -0.25) is 0 Å². The van der Waals surface area contributed by atoms with E-state index in [4.69, 9.17) is 11.6 Å². The van der Waals surface area contributed by atoms with E-state index in [9.17, 15) is 9.65 Å². The van der Waals surface area contributed by atoms with E-state index in [1.54, 1.807) is 18.5 Å². The van der Waals surface area contributed by atoms with Gasteiger partial charge < -0.3 is 4.98 Å². The molecule has 8 heteroatoms. The minimum atomic E-state index is -0.516. The number of hydrogen-bond donors (Lipinski definition) is 1. The maximum Gasteiger partial charge on any atom is 0.187 e. The first-order chi connectivity index (χ1) is 12.0. The Balaban J connectivity index is 2.04. The van der Waals surface area contributed by atoms with Gasteiger partial charge in [0.2, 0.25) is 0 Å². The molecule has 2 aromatic heterocycles. The third-order valence-corrected chi connectivity index (χ3v) is 4.47. The number of H-pyrrole nitrogens is 1. The minimum absolute atomic E-state index is 0.125. The first kappa shape index (κ1) is 17.4. The van der Waals surface area contributed by atoms with Crippen LogP contribution in [0.15, 0.2) is 35.7 Å². The van der Waals surface area contributed by atoms with Crippen molar-refractivity contribution in [2.45, 2.75) is 24.3 Å². The molecule has 0 saturated carbocycles. The van der Waals surface area contributed by atoms with E-state index in [-0.39, 0.29) is 22.1 Å². The Labute approximate surface area is 153 Å².